The van der Waals surface area contributed by atoms with Crippen molar-refractivity contribution in [2.24, 2.45) is 0 Å². The molecule has 2 nitrogen and oxygen atoms in total. The first-order valence-electron chi connectivity index (χ1n) is 11.0. The standard InChI is InChI=1S/C29H30N2/c1-4-17-31-29-16-14-25(23-11-7-21(3)8-12-23)19-27(29)26-18-24(13-15-28(26)30)22-9-5-20(2)6-10-22/h5-16,18-19,31H,4,17,30H2,1-3H3. The Balaban J connectivity index is 1.84. The third-order valence-corrected chi connectivity index (χ3v) is 5.70. The monoisotopic (exact) mass is 406 g/mol. The summed E-state index contributed by atoms with van der Waals surface area (Å²) < 4.78 is 0. The predicted octanol–water partition coefficient (Wildman–Crippen LogP) is 7.71. The van der Waals surface area contributed by atoms with Crippen molar-refractivity contribution in [1.29, 1.82) is 0 Å². The van der Waals surface area contributed by atoms with Crippen LogP contribution < -0.4 is 11.1 Å². The van der Waals surface area contributed by atoms with Crippen LogP contribution in [0.3, 0.4) is 0 Å². The molecule has 0 bridgehead atoms. The first kappa shape index (κ1) is 20.7. The average Bonchev–Trinajstić information content (AvgIpc) is 2.79. The van der Waals surface area contributed by atoms with Gasteiger partial charge in [0.25, 0.3) is 0 Å². The van der Waals surface area contributed by atoms with Gasteiger partial charge in [-0.15, -0.1) is 0 Å². The maximum Gasteiger partial charge on any atom is 0.0421 e. The molecular weight excluding hydrogens is 376 g/mol. The fraction of sp³-hybridized carbons (Fsp3) is 0.172. The second-order valence-electron chi connectivity index (χ2n) is 8.22. The van der Waals surface area contributed by atoms with Crippen molar-refractivity contribution in [3.05, 3.63) is 96.1 Å². The van der Waals surface area contributed by atoms with Crippen LogP contribution in [0.2, 0.25) is 0 Å². The molecule has 4 aromatic carbocycles. The minimum absolute atomic E-state index is 0.788. The summed E-state index contributed by atoms with van der Waals surface area (Å²) in [5, 5.41) is 3.59. The van der Waals surface area contributed by atoms with E-state index in [-0.39, 0.29) is 0 Å². The number of aryl methyl sites for hydroxylation is 2. The summed E-state index contributed by atoms with van der Waals surface area (Å²) in [5.41, 5.74) is 17.9. The summed E-state index contributed by atoms with van der Waals surface area (Å²) >= 11 is 0. The Morgan fingerprint density at radius 2 is 1.10 bits per heavy atom. The zero-order valence-electron chi connectivity index (χ0n) is 18.6. The zero-order chi connectivity index (χ0) is 21.8. The number of anilines is 2. The van der Waals surface area contributed by atoms with E-state index in [1.165, 1.54) is 33.4 Å². The summed E-state index contributed by atoms with van der Waals surface area (Å²) in [6.45, 7) is 7.33. The molecule has 0 spiro atoms. The Hall–Kier alpha value is -3.52. The van der Waals surface area contributed by atoms with E-state index in [0.29, 0.717) is 0 Å². The van der Waals surface area contributed by atoms with Gasteiger partial charge in [0.1, 0.15) is 0 Å². The van der Waals surface area contributed by atoms with E-state index in [0.717, 1.165) is 35.5 Å². The summed E-state index contributed by atoms with van der Waals surface area (Å²) in [7, 11) is 0. The zero-order valence-corrected chi connectivity index (χ0v) is 18.6. The van der Waals surface area contributed by atoms with Crippen molar-refractivity contribution in [2.45, 2.75) is 27.2 Å². The molecule has 0 saturated heterocycles. The van der Waals surface area contributed by atoms with E-state index in [4.69, 9.17) is 5.73 Å². The van der Waals surface area contributed by atoms with Gasteiger partial charge in [-0.1, -0.05) is 78.7 Å². The number of hydrogen-bond donors (Lipinski definition) is 2. The maximum atomic E-state index is 6.50. The van der Waals surface area contributed by atoms with Crippen LogP contribution in [0.1, 0.15) is 24.5 Å². The molecule has 4 rings (SSSR count). The molecule has 0 atom stereocenters. The fourth-order valence-electron chi connectivity index (χ4n) is 3.82. The highest BCUT2D eigenvalue weighted by molar-refractivity contribution is 5.90. The van der Waals surface area contributed by atoms with Crippen molar-refractivity contribution in [3.63, 3.8) is 0 Å². The first-order chi connectivity index (χ1) is 15.0. The van der Waals surface area contributed by atoms with Gasteiger partial charge in [-0.3, -0.25) is 0 Å². The Morgan fingerprint density at radius 1 is 0.613 bits per heavy atom. The minimum Gasteiger partial charge on any atom is -0.398 e. The summed E-state index contributed by atoms with van der Waals surface area (Å²) in [4.78, 5) is 0. The van der Waals surface area contributed by atoms with Crippen LogP contribution in [0.5, 0.6) is 0 Å². The lowest BCUT2D eigenvalue weighted by Gasteiger charge is -2.17. The lowest BCUT2D eigenvalue weighted by molar-refractivity contribution is 0.980. The molecule has 0 aliphatic rings. The smallest absolute Gasteiger partial charge is 0.0421 e. The van der Waals surface area contributed by atoms with Crippen molar-refractivity contribution >= 4 is 11.4 Å². The van der Waals surface area contributed by atoms with Gasteiger partial charge in [-0.05, 0) is 66.8 Å². The van der Waals surface area contributed by atoms with Crippen LogP contribution in [0.15, 0.2) is 84.9 Å². The summed E-state index contributed by atoms with van der Waals surface area (Å²) in [5.74, 6) is 0. The van der Waals surface area contributed by atoms with Gasteiger partial charge >= 0.3 is 0 Å². The molecule has 0 fully saturated rings. The van der Waals surface area contributed by atoms with Crippen LogP contribution in [-0.4, -0.2) is 6.54 Å². The van der Waals surface area contributed by atoms with Gasteiger partial charge in [0, 0.05) is 29.0 Å². The predicted molar refractivity (Wildman–Crippen MR) is 135 cm³/mol. The van der Waals surface area contributed by atoms with Gasteiger partial charge in [0.15, 0.2) is 0 Å². The number of nitrogens with one attached hydrogen (secondary N) is 1. The highest BCUT2D eigenvalue weighted by atomic mass is 14.9. The van der Waals surface area contributed by atoms with Gasteiger partial charge < -0.3 is 11.1 Å². The molecule has 0 aliphatic carbocycles. The van der Waals surface area contributed by atoms with Gasteiger partial charge in [-0.25, -0.2) is 0 Å². The van der Waals surface area contributed by atoms with E-state index in [1.54, 1.807) is 0 Å². The van der Waals surface area contributed by atoms with Crippen LogP contribution >= 0.6 is 0 Å². The number of benzene rings is 4. The first-order valence-corrected chi connectivity index (χ1v) is 11.0. The van der Waals surface area contributed by atoms with E-state index >= 15 is 0 Å². The van der Waals surface area contributed by atoms with Crippen molar-refractivity contribution in [1.82, 2.24) is 0 Å². The molecule has 4 aromatic rings. The molecule has 31 heavy (non-hydrogen) atoms. The molecule has 3 N–H and O–H groups in total. The van der Waals surface area contributed by atoms with Gasteiger partial charge in [-0.2, -0.15) is 0 Å². The SMILES string of the molecule is CCCNc1ccc(-c2ccc(C)cc2)cc1-c1cc(-c2ccc(C)cc2)ccc1N. The molecule has 0 radical (unpaired) electrons. The van der Waals surface area contributed by atoms with Crippen LogP contribution in [0, 0.1) is 13.8 Å². The third-order valence-electron chi connectivity index (χ3n) is 5.70. The highest BCUT2D eigenvalue weighted by Crippen LogP contribution is 2.38. The number of nitrogens with two attached hydrogens (primary N) is 1. The molecule has 0 aromatic heterocycles. The molecule has 0 saturated carbocycles. The number of rotatable bonds is 6. The summed E-state index contributed by atoms with van der Waals surface area (Å²) in [6.07, 6.45) is 1.07. The Bertz CT molecular complexity index is 1170. The fourth-order valence-corrected chi connectivity index (χ4v) is 3.82. The van der Waals surface area contributed by atoms with Crippen LogP contribution in [0.25, 0.3) is 33.4 Å². The largest absolute Gasteiger partial charge is 0.398 e. The van der Waals surface area contributed by atoms with Crippen molar-refractivity contribution in [2.75, 3.05) is 17.6 Å². The molecule has 0 unspecified atom stereocenters. The number of nitrogen functional groups attached to an aromatic ring is 1. The Labute approximate surface area is 185 Å². The Kier molecular flexibility index (Phi) is 6.08. The van der Waals surface area contributed by atoms with Crippen molar-refractivity contribution in [3.8, 4) is 33.4 Å². The third kappa shape index (κ3) is 4.64. The average molecular weight is 407 g/mol. The normalized spacial score (nSPS) is 10.8. The lowest BCUT2D eigenvalue weighted by atomic mass is 9.93. The Morgan fingerprint density at radius 3 is 1.65 bits per heavy atom. The minimum atomic E-state index is 0.788. The molecule has 0 amide bonds. The molecule has 2 heteroatoms. The molecule has 0 aliphatic heterocycles. The van der Waals surface area contributed by atoms with Crippen LogP contribution in [0.4, 0.5) is 11.4 Å². The van der Waals surface area contributed by atoms with E-state index < -0.39 is 0 Å². The van der Waals surface area contributed by atoms with E-state index in [1.807, 2.05) is 6.07 Å². The topological polar surface area (TPSA) is 38.0 Å². The molecule has 156 valence electrons. The lowest BCUT2D eigenvalue weighted by Crippen LogP contribution is -2.02. The van der Waals surface area contributed by atoms with Gasteiger partial charge in [0.2, 0.25) is 0 Å². The molecule has 0 heterocycles. The van der Waals surface area contributed by atoms with Crippen molar-refractivity contribution < 1.29 is 0 Å². The molecular formula is C29H30N2. The van der Waals surface area contributed by atoms with E-state index in [2.05, 4.69) is 105 Å². The van der Waals surface area contributed by atoms with E-state index in [9.17, 15) is 0 Å². The quantitative estimate of drug-likeness (QED) is 0.322. The maximum absolute atomic E-state index is 6.50. The van der Waals surface area contributed by atoms with Crippen LogP contribution in [-0.2, 0) is 0 Å². The van der Waals surface area contributed by atoms with Gasteiger partial charge in [0.05, 0.1) is 0 Å². The number of hydrogen-bond acceptors (Lipinski definition) is 2. The second-order valence-corrected chi connectivity index (χ2v) is 8.22. The second kappa shape index (κ2) is 9.09. The summed E-state index contributed by atoms with van der Waals surface area (Å²) in [6, 6.07) is 30.3. The highest BCUT2D eigenvalue weighted by Gasteiger charge is 2.12.